The standard InChI is InChI=1S/C23H23BrN4O5S/c24-18-3-7-20(8-4-18)34(31,32)27(10-9-26-11-13-33-14-12-26)21-15-22(29)28(23(21)30)19-5-1-17(16-25)2-6-19/h1-8,21H,9-15H2. The second-order valence-corrected chi connectivity index (χ2v) is 10.8. The van der Waals surface area contributed by atoms with Crippen LogP contribution in [0, 0.1) is 11.3 Å². The normalized spacial score (nSPS) is 19.6. The monoisotopic (exact) mass is 546 g/mol. The largest absolute Gasteiger partial charge is 0.379 e. The van der Waals surface area contributed by atoms with E-state index in [-0.39, 0.29) is 17.9 Å². The molecule has 0 bridgehead atoms. The summed E-state index contributed by atoms with van der Waals surface area (Å²) < 4.78 is 34.5. The summed E-state index contributed by atoms with van der Waals surface area (Å²) in [5, 5.41) is 9.01. The molecule has 4 rings (SSSR count). The fourth-order valence-corrected chi connectivity index (χ4v) is 5.88. The van der Waals surface area contributed by atoms with Crippen LogP contribution in [-0.2, 0) is 24.3 Å². The molecule has 2 aromatic rings. The van der Waals surface area contributed by atoms with Crippen molar-refractivity contribution < 1.29 is 22.7 Å². The molecule has 0 aliphatic carbocycles. The van der Waals surface area contributed by atoms with Crippen molar-refractivity contribution in [2.75, 3.05) is 44.3 Å². The predicted molar refractivity (Wildman–Crippen MR) is 127 cm³/mol. The quantitative estimate of drug-likeness (QED) is 0.488. The van der Waals surface area contributed by atoms with Crippen molar-refractivity contribution in [2.45, 2.75) is 17.4 Å². The van der Waals surface area contributed by atoms with E-state index in [2.05, 4.69) is 20.8 Å². The maximum absolute atomic E-state index is 13.6. The first-order valence-electron chi connectivity index (χ1n) is 10.8. The number of nitrogens with zero attached hydrogens (tertiary/aromatic N) is 4. The first-order chi connectivity index (χ1) is 16.3. The van der Waals surface area contributed by atoms with Gasteiger partial charge in [0.15, 0.2) is 0 Å². The summed E-state index contributed by atoms with van der Waals surface area (Å²) in [6, 6.07) is 13.1. The lowest BCUT2D eigenvalue weighted by atomic mass is 10.2. The highest BCUT2D eigenvalue weighted by atomic mass is 79.9. The van der Waals surface area contributed by atoms with E-state index >= 15 is 0 Å². The van der Waals surface area contributed by atoms with Gasteiger partial charge in [-0.2, -0.15) is 9.57 Å². The van der Waals surface area contributed by atoms with E-state index < -0.39 is 27.9 Å². The summed E-state index contributed by atoms with van der Waals surface area (Å²) in [7, 11) is -4.06. The zero-order valence-corrected chi connectivity index (χ0v) is 20.7. The van der Waals surface area contributed by atoms with Gasteiger partial charge in [0.25, 0.3) is 5.91 Å². The lowest BCUT2D eigenvalue weighted by Gasteiger charge is -2.31. The van der Waals surface area contributed by atoms with E-state index in [0.29, 0.717) is 44.1 Å². The topological polar surface area (TPSA) is 111 Å². The second-order valence-electron chi connectivity index (χ2n) is 7.97. The number of amides is 2. The number of hydrogen-bond acceptors (Lipinski definition) is 7. The molecule has 2 saturated heterocycles. The number of anilines is 1. The number of carbonyl (C=O) groups excluding carboxylic acids is 2. The molecule has 2 amide bonds. The van der Waals surface area contributed by atoms with E-state index in [1.165, 1.54) is 36.4 Å². The molecule has 9 nitrogen and oxygen atoms in total. The Morgan fingerprint density at radius 3 is 2.32 bits per heavy atom. The molecule has 34 heavy (non-hydrogen) atoms. The molecule has 0 radical (unpaired) electrons. The number of halogens is 1. The summed E-state index contributed by atoms with van der Waals surface area (Å²) in [6.45, 7) is 2.93. The highest BCUT2D eigenvalue weighted by Gasteiger charge is 2.47. The molecule has 2 aliphatic rings. The van der Waals surface area contributed by atoms with Crippen molar-refractivity contribution in [3.05, 3.63) is 58.6 Å². The first kappa shape index (κ1) is 24.5. The first-order valence-corrected chi connectivity index (χ1v) is 13.0. The molecule has 2 heterocycles. The van der Waals surface area contributed by atoms with Gasteiger partial charge in [-0.25, -0.2) is 13.3 Å². The van der Waals surface area contributed by atoms with Gasteiger partial charge < -0.3 is 4.74 Å². The Morgan fingerprint density at radius 1 is 1.06 bits per heavy atom. The van der Waals surface area contributed by atoms with Gasteiger partial charge in [-0.3, -0.25) is 14.5 Å². The van der Waals surface area contributed by atoms with Crippen molar-refractivity contribution in [1.29, 1.82) is 5.26 Å². The molecule has 0 N–H and O–H groups in total. The Morgan fingerprint density at radius 2 is 1.71 bits per heavy atom. The van der Waals surface area contributed by atoms with Gasteiger partial charge in [0.1, 0.15) is 6.04 Å². The zero-order valence-electron chi connectivity index (χ0n) is 18.3. The third-order valence-corrected chi connectivity index (χ3v) is 8.34. The molecular formula is C23H23BrN4O5S. The molecule has 2 aliphatic heterocycles. The predicted octanol–water partition coefficient (Wildman–Crippen LogP) is 1.98. The van der Waals surface area contributed by atoms with E-state index in [0.717, 1.165) is 13.7 Å². The zero-order chi connectivity index (χ0) is 24.3. The van der Waals surface area contributed by atoms with Crippen LogP contribution in [0.2, 0.25) is 0 Å². The summed E-state index contributed by atoms with van der Waals surface area (Å²) in [5.74, 6) is -1.08. The summed E-state index contributed by atoms with van der Waals surface area (Å²) in [4.78, 5) is 29.4. The van der Waals surface area contributed by atoms with Gasteiger partial charge in [0.2, 0.25) is 15.9 Å². The van der Waals surface area contributed by atoms with Crippen LogP contribution in [0.1, 0.15) is 12.0 Å². The average molecular weight is 547 g/mol. The SMILES string of the molecule is N#Cc1ccc(N2C(=O)CC(N(CCN3CCOCC3)S(=O)(=O)c3ccc(Br)cc3)C2=O)cc1. The fraction of sp³-hybridized carbons (Fsp3) is 0.348. The van der Waals surface area contributed by atoms with Crippen LogP contribution in [0.15, 0.2) is 57.9 Å². The lowest BCUT2D eigenvalue weighted by Crippen LogP contribution is -2.49. The van der Waals surface area contributed by atoms with Gasteiger partial charge in [-0.05, 0) is 48.5 Å². The van der Waals surface area contributed by atoms with Crippen LogP contribution in [0.3, 0.4) is 0 Å². The fourth-order valence-electron chi connectivity index (χ4n) is 4.05. The highest BCUT2D eigenvalue weighted by molar-refractivity contribution is 9.10. The number of rotatable bonds is 7. The number of hydrogen-bond donors (Lipinski definition) is 0. The van der Waals surface area contributed by atoms with Crippen LogP contribution in [0.4, 0.5) is 5.69 Å². The van der Waals surface area contributed by atoms with Crippen LogP contribution in [0.5, 0.6) is 0 Å². The third-order valence-electron chi connectivity index (χ3n) is 5.89. The molecule has 1 atom stereocenters. The van der Waals surface area contributed by atoms with Crippen LogP contribution < -0.4 is 4.90 Å². The minimum absolute atomic E-state index is 0.0507. The van der Waals surface area contributed by atoms with Gasteiger partial charge in [0, 0.05) is 30.7 Å². The van der Waals surface area contributed by atoms with Crippen LogP contribution in [0.25, 0.3) is 0 Å². The van der Waals surface area contributed by atoms with Gasteiger partial charge in [-0.1, -0.05) is 15.9 Å². The summed E-state index contributed by atoms with van der Waals surface area (Å²) in [5.41, 5.74) is 0.704. The lowest BCUT2D eigenvalue weighted by molar-refractivity contribution is -0.122. The Hall–Kier alpha value is -2.62. The van der Waals surface area contributed by atoms with Gasteiger partial charge in [0.05, 0.1) is 41.9 Å². The van der Waals surface area contributed by atoms with E-state index in [9.17, 15) is 18.0 Å². The van der Waals surface area contributed by atoms with Crippen molar-refractivity contribution in [3.8, 4) is 6.07 Å². The Labute approximate surface area is 206 Å². The maximum atomic E-state index is 13.6. The molecule has 1 unspecified atom stereocenters. The third kappa shape index (κ3) is 5.06. The van der Waals surface area contributed by atoms with E-state index in [1.54, 1.807) is 12.1 Å². The second kappa shape index (κ2) is 10.3. The Kier molecular flexibility index (Phi) is 7.45. The number of morpholine rings is 1. The van der Waals surface area contributed by atoms with Crippen molar-refractivity contribution in [3.63, 3.8) is 0 Å². The molecule has 0 aromatic heterocycles. The van der Waals surface area contributed by atoms with Crippen molar-refractivity contribution >= 4 is 43.5 Å². The summed E-state index contributed by atoms with van der Waals surface area (Å²) >= 11 is 3.31. The molecule has 11 heteroatoms. The summed E-state index contributed by atoms with van der Waals surface area (Å²) in [6.07, 6.45) is -0.252. The number of nitriles is 1. The van der Waals surface area contributed by atoms with Crippen LogP contribution in [-0.4, -0.2) is 74.9 Å². The molecule has 2 fully saturated rings. The number of carbonyl (C=O) groups is 2. The molecular weight excluding hydrogens is 524 g/mol. The Bertz CT molecular complexity index is 1210. The van der Waals surface area contributed by atoms with Crippen LogP contribution >= 0.6 is 15.9 Å². The molecule has 0 spiro atoms. The van der Waals surface area contributed by atoms with Crippen molar-refractivity contribution in [1.82, 2.24) is 9.21 Å². The van der Waals surface area contributed by atoms with E-state index in [4.69, 9.17) is 10.00 Å². The maximum Gasteiger partial charge on any atom is 0.252 e. The number of ether oxygens (including phenoxy) is 1. The number of benzene rings is 2. The molecule has 2 aromatic carbocycles. The van der Waals surface area contributed by atoms with E-state index in [1.807, 2.05) is 6.07 Å². The van der Waals surface area contributed by atoms with Gasteiger partial charge in [-0.15, -0.1) is 0 Å². The molecule has 0 saturated carbocycles. The Balaban J connectivity index is 1.64. The minimum atomic E-state index is -4.06. The van der Waals surface area contributed by atoms with Crippen molar-refractivity contribution in [2.24, 2.45) is 0 Å². The van der Waals surface area contributed by atoms with Gasteiger partial charge >= 0.3 is 0 Å². The smallest absolute Gasteiger partial charge is 0.252 e. The average Bonchev–Trinajstić information content (AvgIpc) is 3.13. The minimum Gasteiger partial charge on any atom is -0.379 e. The number of sulfonamides is 1. The highest BCUT2D eigenvalue weighted by Crippen LogP contribution is 2.30. The molecule has 178 valence electrons. The number of imide groups is 1.